The first-order valence-corrected chi connectivity index (χ1v) is 9.20. The second-order valence-electron chi connectivity index (χ2n) is 6.93. The molecule has 1 aliphatic rings. The molecule has 29 heavy (non-hydrogen) atoms. The average molecular weight is 411 g/mol. The lowest BCUT2D eigenvalue weighted by atomic mass is 9.88. The lowest BCUT2D eigenvalue weighted by Crippen LogP contribution is -2.47. The lowest BCUT2D eigenvalue weighted by molar-refractivity contribution is -0.188. The van der Waals surface area contributed by atoms with Crippen LogP contribution in [0.3, 0.4) is 0 Å². The molecular weight excluding hydrogens is 390 g/mol. The fourth-order valence-electron chi connectivity index (χ4n) is 3.59. The molecule has 0 N–H and O–H groups in total. The number of hydrogen-bond donors (Lipinski definition) is 0. The molecule has 0 radical (unpaired) electrons. The number of carbonyl (C=O) groups excluding carboxylic acids is 1. The molecule has 2 aromatic carbocycles. The highest BCUT2D eigenvalue weighted by molar-refractivity contribution is 5.81. The summed E-state index contributed by atoms with van der Waals surface area (Å²) in [6, 6.07) is 12.6. The van der Waals surface area contributed by atoms with Gasteiger partial charge in [-0.25, -0.2) is 4.39 Å². The van der Waals surface area contributed by atoms with Gasteiger partial charge in [0.25, 0.3) is 0 Å². The van der Waals surface area contributed by atoms with Crippen LogP contribution in [0.1, 0.15) is 24.5 Å². The van der Waals surface area contributed by atoms with Gasteiger partial charge in [0.2, 0.25) is 0 Å². The van der Waals surface area contributed by atoms with E-state index in [1.165, 1.54) is 31.4 Å². The van der Waals surface area contributed by atoms with E-state index in [0.29, 0.717) is 24.3 Å². The van der Waals surface area contributed by atoms with Crippen molar-refractivity contribution in [1.82, 2.24) is 4.90 Å². The Morgan fingerprint density at radius 2 is 1.66 bits per heavy atom. The second-order valence-corrected chi connectivity index (χ2v) is 6.93. The molecule has 0 aliphatic carbocycles. The number of likely N-dealkylation sites (tertiary alicyclic amines) is 1. The minimum atomic E-state index is -4.87. The van der Waals surface area contributed by atoms with Gasteiger partial charge in [0, 0.05) is 26.1 Å². The van der Waals surface area contributed by atoms with Crippen molar-refractivity contribution in [3.8, 4) is 11.5 Å². The summed E-state index contributed by atoms with van der Waals surface area (Å²) in [5.74, 6) is -1.39. The van der Waals surface area contributed by atoms with Crippen molar-refractivity contribution < 1.29 is 31.8 Å². The van der Waals surface area contributed by atoms with Crippen LogP contribution in [-0.4, -0.2) is 37.2 Å². The van der Waals surface area contributed by atoms with Gasteiger partial charge >= 0.3 is 12.1 Å². The number of halogens is 4. The van der Waals surface area contributed by atoms with Crippen molar-refractivity contribution in [1.29, 1.82) is 0 Å². The molecule has 4 nitrogen and oxygen atoms in total. The molecule has 1 heterocycles. The average Bonchev–Trinajstić information content (AvgIpc) is 2.70. The first kappa shape index (κ1) is 21.1. The van der Waals surface area contributed by atoms with Crippen molar-refractivity contribution in [2.75, 3.05) is 20.2 Å². The molecule has 8 heteroatoms. The molecular formula is C21H21F4NO3. The van der Waals surface area contributed by atoms with Crippen molar-refractivity contribution >= 4 is 5.91 Å². The summed E-state index contributed by atoms with van der Waals surface area (Å²) in [5.41, 5.74) is 0.783. The largest absolute Gasteiger partial charge is 0.471 e. The smallest absolute Gasteiger partial charge is 0.457 e. The van der Waals surface area contributed by atoms with Gasteiger partial charge in [-0.05, 0) is 54.8 Å². The zero-order chi connectivity index (χ0) is 21.0. The SMILES string of the molecule is COC(c1ccc(Oc2ccc(F)cc2)cc1)C1CCCN(C(=O)C(F)(F)F)C1. The molecule has 1 amide bonds. The molecule has 1 aliphatic heterocycles. The molecule has 0 aromatic heterocycles. The highest BCUT2D eigenvalue weighted by Gasteiger charge is 2.44. The number of ether oxygens (including phenoxy) is 2. The summed E-state index contributed by atoms with van der Waals surface area (Å²) in [4.78, 5) is 12.4. The molecule has 0 spiro atoms. The zero-order valence-corrected chi connectivity index (χ0v) is 15.8. The van der Waals surface area contributed by atoms with E-state index >= 15 is 0 Å². The summed E-state index contributed by atoms with van der Waals surface area (Å²) in [5, 5.41) is 0. The normalized spacial score (nSPS) is 18.4. The third-order valence-electron chi connectivity index (χ3n) is 4.93. The number of alkyl halides is 3. The van der Waals surface area contributed by atoms with E-state index in [9.17, 15) is 22.4 Å². The fraction of sp³-hybridized carbons (Fsp3) is 0.381. The van der Waals surface area contributed by atoms with Crippen LogP contribution in [0.4, 0.5) is 17.6 Å². The Morgan fingerprint density at radius 1 is 1.07 bits per heavy atom. The number of rotatable bonds is 5. The van der Waals surface area contributed by atoms with Crippen LogP contribution in [0.2, 0.25) is 0 Å². The second kappa shape index (κ2) is 8.82. The molecule has 156 valence electrons. The van der Waals surface area contributed by atoms with Gasteiger partial charge in [0.1, 0.15) is 17.3 Å². The van der Waals surface area contributed by atoms with E-state index in [1.807, 2.05) is 0 Å². The van der Waals surface area contributed by atoms with Gasteiger partial charge in [-0.2, -0.15) is 13.2 Å². The molecule has 3 rings (SSSR count). The number of methoxy groups -OCH3 is 1. The first-order chi connectivity index (χ1) is 13.8. The highest BCUT2D eigenvalue weighted by atomic mass is 19.4. The van der Waals surface area contributed by atoms with Gasteiger partial charge < -0.3 is 14.4 Å². The van der Waals surface area contributed by atoms with Crippen LogP contribution in [0, 0.1) is 11.7 Å². The lowest BCUT2D eigenvalue weighted by Gasteiger charge is -2.36. The van der Waals surface area contributed by atoms with Crippen LogP contribution in [0.15, 0.2) is 48.5 Å². The highest BCUT2D eigenvalue weighted by Crippen LogP contribution is 2.35. The predicted molar refractivity (Wildman–Crippen MR) is 98.0 cm³/mol. The van der Waals surface area contributed by atoms with Crippen LogP contribution in [-0.2, 0) is 9.53 Å². The maximum absolute atomic E-state index is 13.0. The quantitative estimate of drug-likeness (QED) is 0.642. The molecule has 1 fully saturated rings. The van der Waals surface area contributed by atoms with Crippen LogP contribution < -0.4 is 4.74 Å². The number of benzene rings is 2. The Bertz CT molecular complexity index is 821. The van der Waals surface area contributed by atoms with E-state index in [4.69, 9.17) is 9.47 Å². The first-order valence-electron chi connectivity index (χ1n) is 9.20. The summed E-state index contributed by atoms with van der Waals surface area (Å²) < 4.78 is 62.4. The van der Waals surface area contributed by atoms with Crippen LogP contribution in [0.5, 0.6) is 11.5 Å². The number of nitrogens with zero attached hydrogens (tertiary/aromatic N) is 1. The van der Waals surface area contributed by atoms with Gasteiger partial charge in [-0.3, -0.25) is 4.79 Å². The van der Waals surface area contributed by atoms with E-state index in [-0.39, 0.29) is 24.8 Å². The van der Waals surface area contributed by atoms with E-state index < -0.39 is 18.2 Å². The number of amides is 1. The molecule has 2 atom stereocenters. The van der Waals surface area contributed by atoms with Crippen molar-refractivity contribution in [2.24, 2.45) is 5.92 Å². The fourth-order valence-corrected chi connectivity index (χ4v) is 3.59. The number of piperidine rings is 1. The van der Waals surface area contributed by atoms with E-state index in [2.05, 4.69) is 0 Å². The van der Waals surface area contributed by atoms with Gasteiger partial charge in [-0.1, -0.05) is 12.1 Å². The Balaban J connectivity index is 1.69. The Hall–Kier alpha value is -2.61. The summed E-state index contributed by atoms with van der Waals surface area (Å²) >= 11 is 0. The van der Waals surface area contributed by atoms with Gasteiger partial charge in [0.15, 0.2) is 0 Å². The van der Waals surface area contributed by atoms with Crippen molar-refractivity contribution in [3.63, 3.8) is 0 Å². The topological polar surface area (TPSA) is 38.8 Å². The minimum absolute atomic E-state index is 0.00925. The van der Waals surface area contributed by atoms with Gasteiger partial charge in [0.05, 0.1) is 6.10 Å². The Kier molecular flexibility index (Phi) is 6.42. The Labute approximate surface area is 166 Å². The van der Waals surface area contributed by atoms with E-state index in [1.54, 1.807) is 24.3 Å². The number of carbonyl (C=O) groups is 1. The summed E-state index contributed by atoms with van der Waals surface area (Å²) in [7, 11) is 1.50. The van der Waals surface area contributed by atoms with Crippen LogP contribution in [0.25, 0.3) is 0 Å². The molecule has 2 unspecified atom stereocenters. The number of hydrogen-bond acceptors (Lipinski definition) is 3. The summed E-state index contributed by atoms with van der Waals surface area (Å²) in [6.07, 6.45) is -4.17. The third kappa shape index (κ3) is 5.26. The molecule has 0 bridgehead atoms. The van der Waals surface area contributed by atoms with E-state index in [0.717, 1.165) is 10.5 Å². The maximum Gasteiger partial charge on any atom is 0.471 e. The van der Waals surface area contributed by atoms with Gasteiger partial charge in [-0.15, -0.1) is 0 Å². The predicted octanol–water partition coefficient (Wildman–Crippen LogP) is 5.11. The minimum Gasteiger partial charge on any atom is -0.457 e. The molecule has 1 saturated heterocycles. The molecule has 0 saturated carbocycles. The zero-order valence-electron chi connectivity index (χ0n) is 15.8. The third-order valence-corrected chi connectivity index (χ3v) is 4.93. The Morgan fingerprint density at radius 3 is 2.21 bits per heavy atom. The molecule has 2 aromatic rings. The maximum atomic E-state index is 13.0. The standard InChI is InChI=1S/C21H21F4NO3/c1-28-19(15-3-2-12-26(13-15)20(27)21(23,24)25)14-4-8-17(9-5-14)29-18-10-6-16(22)7-11-18/h4-11,15,19H,2-3,12-13H2,1H3. The van der Waals surface area contributed by atoms with Crippen molar-refractivity contribution in [3.05, 3.63) is 59.9 Å². The summed E-state index contributed by atoms with van der Waals surface area (Å²) in [6.45, 7) is 0.0837. The van der Waals surface area contributed by atoms with Crippen molar-refractivity contribution in [2.45, 2.75) is 25.1 Å². The van der Waals surface area contributed by atoms with Crippen LogP contribution >= 0.6 is 0 Å². The monoisotopic (exact) mass is 411 g/mol.